The number of benzene rings is 1. The van der Waals surface area contributed by atoms with Crippen LogP contribution < -0.4 is 10.2 Å². The Morgan fingerprint density at radius 3 is 2.77 bits per heavy atom. The molecule has 0 radical (unpaired) electrons. The number of carbonyl (C=O) groups is 1. The molecule has 118 valence electrons. The van der Waals surface area contributed by atoms with E-state index in [1.165, 1.54) is 29.9 Å². The predicted octanol–water partition coefficient (Wildman–Crippen LogP) is 4.25. The number of rotatable bonds is 4. The Bertz CT molecular complexity index is 679. The zero-order valence-electron chi connectivity index (χ0n) is 12.8. The molecular weight excluding hydrogens is 362 g/mol. The molecule has 1 aliphatic rings. The topological polar surface area (TPSA) is 45.2 Å². The molecule has 1 aliphatic heterocycles. The molecule has 1 atom stereocenters. The number of fused-ring (bicyclic) bond motifs is 1. The van der Waals surface area contributed by atoms with E-state index in [0.717, 1.165) is 23.3 Å². The summed E-state index contributed by atoms with van der Waals surface area (Å²) in [5.41, 5.74) is 2.20. The lowest BCUT2D eigenvalue weighted by Crippen LogP contribution is -2.26. The van der Waals surface area contributed by atoms with Gasteiger partial charge in [0.2, 0.25) is 5.91 Å². The third kappa shape index (κ3) is 3.27. The zero-order chi connectivity index (χ0) is 15.7. The molecule has 1 saturated heterocycles. The van der Waals surface area contributed by atoms with Crippen LogP contribution in [0.3, 0.4) is 0 Å². The van der Waals surface area contributed by atoms with E-state index in [-0.39, 0.29) is 16.7 Å². The van der Waals surface area contributed by atoms with Gasteiger partial charge in [0, 0.05) is 18.8 Å². The average Bonchev–Trinajstić information content (AvgIpc) is 3.14. The summed E-state index contributed by atoms with van der Waals surface area (Å²) in [6.45, 7) is 6.29. The molecule has 0 bridgehead atoms. The van der Waals surface area contributed by atoms with Crippen LogP contribution in [0.5, 0.6) is 0 Å². The lowest BCUT2D eigenvalue weighted by molar-refractivity contribution is -0.116. The van der Waals surface area contributed by atoms with Crippen LogP contribution in [0.1, 0.15) is 26.7 Å². The van der Waals surface area contributed by atoms with Crippen molar-refractivity contribution in [1.82, 2.24) is 4.98 Å². The van der Waals surface area contributed by atoms with Gasteiger partial charge < -0.3 is 10.2 Å². The van der Waals surface area contributed by atoms with E-state index in [9.17, 15) is 4.79 Å². The van der Waals surface area contributed by atoms with Crippen LogP contribution in [0.25, 0.3) is 10.2 Å². The van der Waals surface area contributed by atoms with Gasteiger partial charge in [-0.25, -0.2) is 4.98 Å². The lowest BCUT2D eigenvalue weighted by Gasteiger charge is -2.16. The monoisotopic (exact) mass is 381 g/mol. The molecule has 1 unspecified atom stereocenters. The Hall–Kier alpha value is -1.14. The van der Waals surface area contributed by atoms with Crippen molar-refractivity contribution < 1.29 is 4.79 Å². The van der Waals surface area contributed by atoms with E-state index < -0.39 is 0 Å². The third-order valence-electron chi connectivity index (χ3n) is 3.91. The Morgan fingerprint density at radius 1 is 1.36 bits per heavy atom. The SMILES string of the molecule is CC(C)C(Br)C(=O)Nc1nc2ccc(N3CCCC3)cc2s1. The van der Waals surface area contributed by atoms with Gasteiger partial charge in [0.1, 0.15) is 0 Å². The maximum absolute atomic E-state index is 12.1. The van der Waals surface area contributed by atoms with Crippen molar-refractivity contribution in [2.75, 3.05) is 23.3 Å². The summed E-state index contributed by atoms with van der Waals surface area (Å²) >= 11 is 4.96. The molecule has 1 N–H and O–H groups in total. The van der Waals surface area contributed by atoms with Crippen molar-refractivity contribution in [3.05, 3.63) is 18.2 Å². The minimum absolute atomic E-state index is 0.0335. The first-order valence-corrected chi connectivity index (χ1v) is 9.38. The highest BCUT2D eigenvalue weighted by Gasteiger charge is 2.20. The van der Waals surface area contributed by atoms with E-state index in [1.54, 1.807) is 0 Å². The molecule has 22 heavy (non-hydrogen) atoms. The Morgan fingerprint density at radius 2 is 2.09 bits per heavy atom. The summed E-state index contributed by atoms with van der Waals surface area (Å²) in [5.74, 6) is 0.213. The number of hydrogen-bond donors (Lipinski definition) is 1. The van der Waals surface area contributed by atoms with Gasteiger partial charge in [0.05, 0.1) is 15.0 Å². The summed E-state index contributed by atoms with van der Waals surface area (Å²) in [6, 6.07) is 6.35. The van der Waals surface area contributed by atoms with E-state index >= 15 is 0 Å². The first-order valence-electron chi connectivity index (χ1n) is 7.65. The zero-order valence-corrected chi connectivity index (χ0v) is 15.2. The molecule has 3 rings (SSSR count). The van der Waals surface area contributed by atoms with E-state index in [4.69, 9.17) is 0 Å². The molecule has 1 aromatic heterocycles. The second kappa shape index (κ2) is 6.54. The van der Waals surface area contributed by atoms with Gasteiger partial charge in [0.15, 0.2) is 5.13 Å². The van der Waals surface area contributed by atoms with Crippen molar-refractivity contribution >= 4 is 54.2 Å². The summed E-state index contributed by atoms with van der Waals surface area (Å²) in [4.78, 5) is 18.8. The maximum atomic E-state index is 12.1. The van der Waals surface area contributed by atoms with Gasteiger partial charge in [-0.15, -0.1) is 0 Å². The number of halogens is 1. The van der Waals surface area contributed by atoms with Gasteiger partial charge in [-0.3, -0.25) is 4.79 Å². The largest absolute Gasteiger partial charge is 0.371 e. The summed E-state index contributed by atoms with van der Waals surface area (Å²) in [5, 5.41) is 3.58. The molecule has 1 fully saturated rings. The first-order chi connectivity index (χ1) is 10.5. The number of hydrogen-bond acceptors (Lipinski definition) is 4. The molecule has 6 heteroatoms. The maximum Gasteiger partial charge on any atom is 0.240 e. The second-order valence-corrected chi connectivity index (χ2v) is 8.02. The first kappa shape index (κ1) is 15.7. The highest BCUT2D eigenvalue weighted by Crippen LogP contribution is 2.31. The fourth-order valence-corrected chi connectivity index (χ4v) is 3.63. The highest BCUT2D eigenvalue weighted by molar-refractivity contribution is 9.10. The molecular formula is C16H20BrN3OS. The fraction of sp³-hybridized carbons (Fsp3) is 0.500. The van der Waals surface area contributed by atoms with E-state index in [0.29, 0.717) is 5.13 Å². The van der Waals surface area contributed by atoms with Gasteiger partial charge >= 0.3 is 0 Å². The molecule has 1 amide bonds. The molecule has 2 aromatic rings. The van der Waals surface area contributed by atoms with Crippen molar-refractivity contribution in [3.63, 3.8) is 0 Å². The van der Waals surface area contributed by atoms with Crippen LogP contribution in [0.15, 0.2) is 18.2 Å². The predicted molar refractivity (Wildman–Crippen MR) is 97.2 cm³/mol. The van der Waals surface area contributed by atoms with Gasteiger partial charge in [0.25, 0.3) is 0 Å². The summed E-state index contributed by atoms with van der Waals surface area (Å²) in [6.07, 6.45) is 2.54. The van der Waals surface area contributed by atoms with Crippen molar-refractivity contribution in [2.24, 2.45) is 5.92 Å². The van der Waals surface area contributed by atoms with E-state index in [2.05, 4.69) is 43.3 Å². The van der Waals surface area contributed by atoms with Crippen LogP contribution in [0.2, 0.25) is 0 Å². The van der Waals surface area contributed by atoms with Crippen LogP contribution in [-0.4, -0.2) is 28.8 Å². The lowest BCUT2D eigenvalue weighted by atomic mass is 10.1. The quantitative estimate of drug-likeness (QED) is 0.804. The summed E-state index contributed by atoms with van der Waals surface area (Å²) < 4.78 is 1.12. The fourth-order valence-electron chi connectivity index (χ4n) is 2.62. The standard InChI is InChI=1S/C16H20BrN3OS/c1-10(2)14(17)15(21)19-16-18-12-6-5-11(9-13(12)22-16)20-7-3-4-8-20/h5-6,9-10,14H,3-4,7-8H2,1-2H3,(H,18,19,21). The van der Waals surface area contributed by atoms with E-state index in [1.807, 2.05) is 19.9 Å². The Kier molecular flexibility index (Phi) is 4.68. The van der Waals surface area contributed by atoms with Gasteiger partial charge in [-0.05, 0) is 37.0 Å². The van der Waals surface area contributed by atoms with Crippen LogP contribution in [0, 0.1) is 5.92 Å². The van der Waals surface area contributed by atoms with Gasteiger partial charge in [-0.1, -0.05) is 41.1 Å². The van der Waals surface area contributed by atoms with Crippen LogP contribution in [-0.2, 0) is 4.79 Å². The highest BCUT2D eigenvalue weighted by atomic mass is 79.9. The minimum atomic E-state index is -0.195. The minimum Gasteiger partial charge on any atom is -0.371 e. The number of nitrogens with one attached hydrogen (secondary N) is 1. The Balaban J connectivity index is 1.79. The number of thiazole rings is 1. The molecule has 0 aliphatic carbocycles. The van der Waals surface area contributed by atoms with Crippen molar-refractivity contribution in [1.29, 1.82) is 0 Å². The molecule has 1 aromatic carbocycles. The molecule has 2 heterocycles. The van der Waals surface area contributed by atoms with Gasteiger partial charge in [-0.2, -0.15) is 0 Å². The number of alkyl halides is 1. The Labute approximate surface area is 143 Å². The third-order valence-corrected chi connectivity index (χ3v) is 6.32. The second-order valence-electron chi connectivity index (χ2n) is 6.00. The smallest absolute Gasteiger partial charge is 0.240 e. The van der Waals surface area contributed by atoms with Crippen LogP contribution in [0.4, 0.5) is 10.8 Å². The molecule has 0 spiro atoms. The van der Waals surface area contributed by atoms with Crippen molar-refractivity contribution in [3.8, 4) is 0 Å². The average molecular weight is 382 g/mol. The van der Waals surface area contributed by atoms with Crippen LogP contribution >= 0.6 is 27.3 Å². The number of nitrogens with zero attached hydrogens (tertiary/aromatic N) is 2. The number of anilines is 2. The van der Waals surface area contributed by atoms with Crippen molar-refractivity contribution in [2.45, 2.75) is 31.5 Å². The molecule has 4 nitrogen and oxygen atoms in total. The number of amides is 1. The summed E-state index contributed by atoms with van der Waals surface area (Å²) in [7, 11) is 0. The number of aromatic nitrogens is 1. The number of carbonyl (C=O) groups excluding carboxylic acids is 1. The normalized spacial score (nSPS) is 16.5. The molecule has 0 saturated carbocycles.